The summed E-state index contributed by atoms with van der Waals surface area (Å²) in [6.07, 6.45) is 1.59. The maximum absolute atomic E-state index is 11.7. The molecule has 2 aromatic rings. The van der Waals surface area contributed by atoms with Crippen molar-refractivity contribution in [1.82, 2.24) is 5.32 Å². The van der Waals surface area contributed by atoms with Gasteiger partial charge in [0.05, 0.1) is 15.5 Å². The fourth-order valence-corrected chi connectivity index (χ4v) is 3.42. The van der Waals surface area contributed by atoms with Crippen molar-refractivity contribution in [2.45, 2.75) is 6.92 Å². The van der Waals surface area contributed by atoms with Crippen LogP contribution in [0, 0.1) is 6.92 Å². The number of benzene rings is 1. The Labute approximate surface area is 151 Å². The summed E-state index contributed by atoms with van der Waals surface area (Å²) in [6, 6.07) is 6.61. The molecule has 24 heavy (non-hydrogen) atoms. The van der Waals surface area contributed by atoms with Gasteiger partial charge in [0, 0.05) is 11.6 Å². The number of aryl methyl sites for hydroxylation is 1. The Hall–Kier alpha value is -2.09. The Bertz CT molecular complexity index is 917. The predicted octanol–water partition coefficient (Wildman–Crippen LogP) is 4.10. The normalized spacial score (nSPS) is 15.8. The third-order valence-corrected chi connectivity index (χ3v) is 4.98. The van der Waals surface area contributed by atoms with Gasteiger partial charge in [-0.1, -0.05) is 35.6 Å². The van der Waals surface area contributed by atoms with Gasteiger partial charge < -0.3 is 14.8 Å². The number of thiocarbonyl (C=S) groups is 1. The summed E-state index contributed by atoms with van der Waals surface area (Å²) >= 11 is 12.1. The first-order valence-electron chi connectivity index (χ1n) is 6.73. The van der Waals surface area contributed by atoms with Crippen LogP contribution in [0.3, 0.4) is 0 Å². The molecule has 0 radical (unpaired) electrons. The van der Waals surface area contributed by atoms with Gasteiger partial charge in [0.15, 0.2) is 0 Å². The van der Waals surface area contributed by atoms with Gasteiger partial charge in [0.1, 0.15) is 15.8 Å². The fourth-order valence-electron chi connectivity index (χ4n) is 2.20. The molecule has 1 fully saturated rings. The van der Waals surface area contributed by atoms with Gasteiger partial charge in [-0.3, -0.25) is 4.79 Å². The standard InChI is InChI=1S/C16H10ClNO4S2/c1-7-4-8(5-10(13(7)17)15(20)21)11-3-2-9(22-11)6-12-14(19)18-16(23)24-12/h2-6H,1H3,(H,20,21)(H,18,19,23). The van der Waals surface area contributed by atoms with Crippen LogP contribution in [0.2, 0.25) is 5.02 Å². The number of carbonyl (C=O) groups excluding carboxylic acids is 1. The number of carbonyl (C=O) groups is 2. The number of amides is 1. The highest BCUT2D eigenvalue weighted by molar-refractivity contribution is 8.26. The van der Waals surface area contributed by atoms with E-state index in [1.165, 1.54) is 6.07 Å². The van der Waals surface area contributed by atoms with Crippen molar-refractivity contribution in [3.05, 3.63) is 51.1 Å². The van der Waals surface area contributed by atoms with Gasteiger partial charge in [-0.25, -0.2) is 4.79 Å². The zero-order valence-electron chi connectivity index (χ0n) is 12.3. The van der Waals surface area contributed by atoms with Crippen LogP contribution in [0.25, 0.3) is 17.4 Å². The number of hydrogen-bond donors (Lipinski definition) is 2. The monoisotopic (exact) mass is 379 g/mol. The number of rotatable bonds is 3. The van der Waals surface area contributed by atoms with Crippen LogP contribution in [0.15, 0.2) is 33.6 Å². The van der Waals surface area contributed by atoms with Gasteiger partial charge in [-0.2, -0.15) is 0 Å². The van der Waals surface area contributed by atoms with Gasteiger partial charge in [0.25, 0.3) is 5.91 Å². The highest BCUT2D eigenvalue weighted by Gasteiger charge is 2.22. The number of aromatic carboxylic acids is 1. The lowest BCUT2D eigenvalue weighted by molar-refractivity contribution is -0.115. The molecular formula is C16H10ClNO4S2. The number of halogens is 1. The van der Waals surface area contributed by atoms with Crippen LogP contribution in [0.4, 0.5) is 0 Å². The van der Waals surface area contributed by atoms with Crippen molar-refractivity contribution in [3.8, 4) is 11.3 Å². The highest BCUT2D eigenvalue weighted by atomic mass is 35.5. The zero-order valence-corrected chi connectivity index (χ0v) is 14.6. The minimum Gasteiger partial charge on any atom is -0.478 e. The average molecular weight is 380 g/mol. The smallest absolute Gasteiger partial charge is 0.337 e. The summed E-state index contributed by atoms with van der Waals surface area (Å²) in [5, 5.41) is 12.0. The maximum atomic E-state index is 11.7. The van der Waals surface area contributed by atoms with Crippen molar-refractivity contribution >= 4 is 57.9 Å². The summed E-state index contributed by atoms with van der Waals surface area (Å²) in [5.74, 6) is -0.420. The molecule has 3 rings (SSSR count). The lowest BCUT2D eigenvalue weighted by Crippen LogP contribution is -2.17. The molecule has 1 aliphatic heterocycles. The zero-order chi connectivity index (χ0) is 17.4. The lowest BCUT2D eigenvalue weighted by Gasteiger charge is -2.06. The summed E-state index contributed by atoms with van der Waals surface area (Å²) in [7, 11) is 0. The fraction of sp³-hybridized carbons (Fsp3) is 0.0625. The van der Waals surface area contributed by atoms with E-state index < -0.39 is 5.97 Å². The lowest BCUT2D eigenvalue weighted by atomic mass is 10.0. The molecule has 0 atom stereocenters. The van der Waals surface area contributed by atoms with Crippen molar-refractivity contribution in [1.29, 1.82) is 0 Å². The van der Waals surface area contributed by atoms with Gasteiger partial charge in [0.2, 0.25) is 0 Å². The molecular weight excluding hydrogens is 370 g/mol. The van der Waals surface area contributed by atoms with E-state index in [1.807, 2.05) is 0 Å². The maximum Gasteiger partial charge on any atom is 0.337 e. The van der Waals surface area contributed by atoms with Crippen LogP contribution in [0.5, 0.6) is 0 Å². The molecule has 1 amide bonds. The van der Waals surface area contributed by atoms with E-state index in [9.17, 15) is 14.7 Å². The molecule has 0 unspecified atom stereocenters. The Morgan fingerprint density at radius 1 is 1.42 bits per heavy atom. The van der Waals surface area contributed by atoms with Crippen molar-refractivity contribution in [2.75, 3.05) is 0 Å². The summed E-state index contributed by atoms with van der Waals surface area (Å²) in [4.78, 5) is 23.4. The van der Waals surface area contributed by atoms with E-state index in [1.54, 1.807) is 31.2 Å². The average Bonchev–Trinajstić information content (AvgIpc) is 3.09. The molecule has 1 saturated heterocycles. The van der Waals surface area contributed by atoms with Gasteiger partial charge in [-0.05, 0) is 36.8 Å². The van der Waals surface area contributed by atoms with E-state index >= 15 is 0 Å². The largest absolute Gasteiger partial charge is 0.478 e. The molecule has 8 heteroatoms. The second-order valence-electron chi connectivity index (χ2n) is 5.01. The van der Waals surface area contributed by atoms with E-state index in [0.29, 0.717) is 31.9 Å². The Balaban J connectivity index is 1.97. The van der Waals surface area contributed by atoms with Crippen molar-refractivity contribution in [2.24, 2.45) is 0 Å². The first-order valence-corrected chi connectivity index (χ1v) is 8.34. The number of thioether (sulfide) groups is 1. The molecule has 2 N–H and O–H groups in total. The molecule has 0 bridgehead atoms. The second-order valence-corrected chi connectivity index (χ2v) is 7.11. The number of carboxylic acids is 1. The summed E-state index contributed by atoms with van der Waals surface area (Å²) in [6.45, 7) is 1.73. The Morgan fingerprint density at radius 2 is 2.17 bits per heavy atom. The van der Waals surface area contributed by atoms with Crippen molar-refractivity contribution in [3.63, 3.8) is 0 Å². The number of nitrogens with one attached hydrogen (secondary N) is 1. The minimum absolute atomic E-state index is 0.0130. The topological polar surface area (TPSA) is 79.5 Å². The van der Waals surface area contributed by atoms with Crippen LogP contribution in [-0.4, -0.2) is 21.3 Å². The summed E-state index contributed by atoms with van der Waals surface area (Å²) < 4.78 is 6.10. The first kappa shape index (κ1) is 16.8. The van der Waals surface area contributed by atoms with E-state index in [0.717, 1.165) is 11.8 Å². The number of furan rings is 1. The molecule has 5 nitrogen and oxygen atoms in total. The molecule has 1 aromatic carbocycles. The molecule has 0 spiro atoms. The van der Waals surface area contributed by atoms with Gasteiger partial charge in [-0.15, -0.1) is 0 Å². The third kappa shape index (κ3) is 3.24. The van der Waals surface area contributed by atoms with Crippen LogP contribution >= 0.6 is 35.6 Å². The van der Waals surface area contributed by atoms with E-state index in [-0.39, 0.29) is 16.5 Å². The number of hydrogen-bond acceptors (Lipinski definition) is 5. The van der Waals surface area contributed by atoms with E-state index in [4.69, 9.17) is 28.2 Å². The third-order valence-electron chi connectivity index (χ3n) is 3.31. The van der Waals surface area contributed by atoms with Gasteiger partial charge >= 0.3 is 5.97 Å². The van der Waals surface area contributed by atoms with Crippen LogP contribution in [-0.2, 0) is 4.79 Å². The SMILES string of the molecule is Cc1cc(-c2ccc(C=C3SC(=S)NC3=O)o2)cc(C(=O)O)c1Cl. The molecule has 1 aromatic heterocycles. The molecule has 0 aliphatic carbocycles. The summed E-state index contributed by atoms with van der Waals surface area (Å²) in [5.41, 5.74) is 1.25. The van der Waals surface area contributed by atoms with E-state index in [2.05, 4.69) is 5.32 Å². The quantitative estimate of drug-likeness (QED) is 0.617. The molecule has 1 aliphatic rings. The Kier molecular flexibility index (Phi) is 4.49. The van der Waals surface area contributed by atoms with Crippen molar-refractivity contribution < 1.29 is 19.1 Å². The highest BCUT2D eigenvalue weighted by Crippen LogP contribution is 2.32. The molecule has 0 saturated carbocycles. The molecule has 2 heterocycles. The first-order chi connectivity index (χ1) is 11.3. The predicted molar refractivity (Wildman–Crippen MR) is 97.2 cm³/mol. The molecule has 122 valence electrons. The second kappa shape index (κ2) is 6.43. The minimum atomic E-state index is -1.11. The Morgan fingerprint density at radius 3 is 2.79 bits per heavy atom. The number of carboxylic acid groups (broad SMARTS) is 1. The van der Waals surface area contributed by atoms with Crippen LogP contribution < -0.4 is 5.32 Å². The van der Waals surface area contributed by atoms with Crippen LogP contribution in [0.1, 0.15) is 21.7 Å².